The van der Waals surface area contributed by atoms with Gasteiger partial charge in [-0.2, -0.15) is 0 Å². The summed E-state index contributed by atoms with van der Waals surface area (Å²) in [5.41, 5.74) is 0. The first kappa shape index (κ1) is 10.6. The Kier molecular flexibility index (Phi) is 3.68. The first-order valence-electron chi connectivity index (χ1n) is 2.78. The largest absolute Gasteiger partial charge is 0.468 e. The number of rotatable bonds is 3. The molecule has 1 atom stereocenters. The van der Waals surface area contributed by atoms with Crippen LogP contribution in [0, 0.1) is 0 Å². The van der Waals surface area contributed by atoms with Crippen LogP contribution in [0.2, 0.25) is 0 Å². The minimum atomic E-state index is -4.34. The third kappa shape index (κ3) is 4.92. The van der Waals surface area contributed by atoms with E-state index in [9.17, 15) is 9.36 Å². The van der Waals surface area contributed by atoms with Gasteiger partial charge < -0.3 is 14.5 Å². The zero-order chi connectivity index (χ0) is 9.07. The average Bonchev–Trinajstić information content (AvgIpc) is 1.82. The van der Waals surface area contributed by atoms with Crippen LogP contribution in [0.25, 0.3) is 0 Å². The Balaban J connectivity index is 3.98. The minimum absolute atomic E-state index is 0.715. The van der Waals surface area contributed by atoms with Crippen LogP contribution in [0.3, 0.4) is 0 Å². The lowest BCUT2D eigenvalue weighted by Crippen LogP contribution is -2.32. The SMILES string of the molecule is COC(=O)C(C)NP(=O)(O)O. The number of esters is 1. The molecule has 0 heterocycles. The van der Waals surface area contributed by atoms with Gasteiger partial charge >= 0.3 is 13.7 Å². The van der Waals surface area contributed by atoms with Gasteiger partial charge in [-0.1, -0.05) is 0 Å². The zero-order valence-electron chi connectivity index (χ0n) is 6.14. The molecule has 0 aliphatic heterocycles. The van der Waals surface area contributed by atoms with Gasteiger partial charge in [0.1, 0.15) is 6.04 Å². The van der Waals surface area contributed by atoms with E-state index in [1.807, 2.05) is 0 Å². The van der Waals surface area contributed by atoms with Crippen LogP contribution in [0.15, 0.2) is 0 Å². The summed E-state index contributed by atoms with van der Waals surface area (Å²) in [6, 6.07) is -0.999. The summed E-state index contributed by atoms with van der Waals surface area (Å²) in [5.74, 6) is -0.715. The van der Waals surface area contributed by atoms with Crippen molar-refractivity contribution in [1.29, 1.82) is 0 Å². The van der Waals surface area contributed by atoms with Gasteiger partial charge in [0, 0.05) is 0 Å². The van der Waals surface area contributed by atoms with Crippen LogP contribution in [-0.2, 0) is 14.1 Å². The van der Waals surface area contributed by atoms with Gasteiger partial charge in [-0.25, -0.2) is 9.65 Å². The van der Waals surface area contributed by atoms with E-state index in [2.05, 4.69) is 4.74 Å². The van der Waals surface area contributed by atoms with Gasteiger partial charge in [-0.15, -0.1) is 0 Å². The molecule has 0 bridgehead atoms. The fourth-order valence-corrected chi connectivity index (χ4v) is 1.09. The molecule has 0 saturated heterocycles. The van der Waals surface area contributed by atoms with Crippen LogP contribution in [0.5, 0.6) is 0 Å². The van der Waals surface area contributed by atoms with Crippen molar-refractivity contribution in [2.75, 3.05) is 7.11 Å². The summed E-state index contributed by atoms with van der Waals surface area (Å²) in [5, 5.41) is 1.76. The number of hydrogen-bond acceptors (Lipinski definition) is 3. The van der Waals surface area contributed by atoms with E-state index < -0.39 is 19.8 Å². The first-order chi connectivity index (χ1) is 4.87. The summed E-state index contributed by atoms with van der Waals surface area (Å²) >= 11 is 0. The molecule has 0 aromatic rings. The minimum Gasteiger partial charge on any atom is -0.468 e. The number of nitrogens with one attached hydrogen (secondary N) is 1. The molecule has 0 amide bonds. The topological polar surface area (TPSA) is 95.9 Å². The molecule has 0 spiro atoms. The quantitative estimate of drug-likeness (QED) is 0.392. The van der Waals surface area contributed by atoms with Crippen molar-refractivity contribution in [3.63, 3.8) is 0 Å². The third-order valence-corrected chi connectivity index (χ3v) is 1.64. The highest BCUT2D eigenvalue weighted by atomic mass is 31.2. The Morgan fingerprint density at radius 3 is 2.36 bits per heavy atom. The lowest BCUT2D eigenvalue weighted by molar-refractivity contribution is -0.142. The fourth-order valence-electron chi connectivity index (χ4n) is 0.482. The van der Waals surface area contributed by atoms with Gasteiger partial charge in [0.25, 0.3) is 0 Å². The van der Waals surface area contributed by atoms with Crippen molar-refractivity contribution in [2.24, 2.45) is 0 Å². The number of carbonyl (C=O) groups is 1. The molecular formula is C4H10NO5P. The predicted octanol–water partition coefficient (Wildman–Crippen LogP) is -0.770. The van der Waals surface area contributed by atoms with Crippen molar-refractivity contribution in [3.05, 3.63) is 0 Å². The highest BCUT2D eigenvalue weighted by Crippen LogP contribution is 2.28. The summed E-state index contributed by atoms with van der Waals surface area (Å²) < 4.78 is 14.5. The Morgan fingerprint density at radius 2 is 2.09 bits per heavy atom. The van der Waals surface area contributed by atoms with E-state index in [1.54, 1.807) is 5.09 Å². The molecule has 0 saturated carbocycles. The number of hydrogen-bond donors (Lipinski definition) is 3. The molecule has 66 valence electrons. The van der Waals surface area contributed by atoms with E-state index in [4.69, 9.17) is 9.79 Å². The molecule has 0 aliphatic rings. The van der Waals surface area contributed by atoms with E-state index in [1.165, 1.54) is 6.92 Å². The second-order valence-corrected chi connectivity index (χ2v) is 3.26. The van der Waals surface area contributed by atoms with Crippen molar-refractivity contribution < 1.29 is 23.9 Å². The van der Waals surface area contributed by atoms with Crippen molar-refractivity contribution in [2.45, 2.75) is 13.0 Å². The van der Waals surface area contributed by atoms with Crippen molar-refractivity contribution >= 4 is 13.7 Å². The summed E-state index contributed by atoms with van der Waals surface area (Å²) in [6.07, 6.45) is 0. The average molecular weight is 183 g/mol. The molecule has 6 nitrogen and oxygen atoms in total. The maximum Gasteiger partial charge on any atom is 0.401 e. The number of methoxy groups -OCH3 is 1. The Morgan fingerprint density at radius 1 is 1.64 bits per heavy atom. The highest BCUT2D eigenvalue weighted by Gasteiger charge is 2.22. The van der Waals surface area contributed by atoms with E-state index in [0.29, 0.717) is 0 Å². The lowest BCUT2D eigenvalue weighted by atomic mass is 10.4. The Labute approximate surface area is 63.8 Å². The van der Waals surface area contributed by atoms with Crippen LogP contribution < -0.4 is 5.09 Å². The van der Waals surface area contributed by atoms with Crippen LogP contribution in [0.4, 0.5) is 0 Å². The predicted molar refractivity (Wildman–Crippen MR) is 36.7 cm³/mol. The van der Waals surface area contributed by atoms with E-state index in [-0.39, 0.29) is 0 Å². The molecule has 7 heteroatoms. The Bertz CT molecular complexity index is 187. The normalized spacial score (nSPS) is 14.2. The molecule has 0 fully saturated rings. The standard InChI is InChI=1S/C4H10NO5P/c1-3(4(6)10-2)5-11(7,8)9/h3H,1-2H3,(H3,5,7,8,9). The summed E-state index contributed by atoms with van der Waals surface area (Å²) in [4.78, 5) is 27.2. The zero-order valence-corrected chi connectivity index (χ0v) is 7.04. The van der Waals surface area contributed by atoms with Gasteiger partial charge in [0.05, 0.1) is 7.11 Å². The Hall–Kier alpha value is -0.420. The van der Waals surface area contributed by atoms with Crippen LogP contribution in [-0.4, -0.2) is 28.9 Å². The molecule has 0 rings (SSSR count). The second kappa shape index (κ2) is 3.82. The number of ether oxygens (including phenoxy) is 1. The molecular weight excluding hydrogens is 173 g/mol. The smallest absolute Gasteiger partial charge is 0.401 e. The van der Waals surface area contributed by atoms with Gasteiger partial charge in [0.2, 0.25) is 0 Å². The monoisotopic (exact) mass is 183 g/mol. The van der Waals surface area contributed by atoms with Gasteiger partial charge in [-0.3, -0.25) is 4.79 Å². The molecule has 0 aliphatic carbocycles. The van der Waals surface area contributed by atoms with Gasteiger partial charge in [-0.05, 0) is 6.92 Å². The molecule has 0 aromatic carbocycles. The van der Waals surface area contributed by atoms with Crippen molar-refractivity contribution in [1.82, 2.24) is 5.09 Å². The maximum atomic E-state index is 10.6. The van der Waals surface area contributed by atoms with Crippen molar-refractivity contribution in [3.8, 4) is 0 Å². The molecule has 11 heavy (non-hydrogen) atoms. The summed E-state index contributed by atoms with van der Waals surface area (Å²) in [7, 11) is -3.20. The third-order valence-electron chi connectivity index (χ3n) is 0.917. The molecule has 3 N–H and O–H groups in total. The first-order valence-corrected chi connectivity index (χ1v) is 4.39. The second-order valence-electron chi connectivity index (χ2n) is 1.92. The summed E-state index contributed by atoms with van der Waals surface area (Å²) in [6.45, 7) is 1.30. The van der Waals surface area contributed by atoms with E-state index >= 15 is 0 Å². The fraction of sp³-hybridized carbons (Fsp3) is 0.750. The molecule has 0 radical (unpaired) electrons. The molecule has 0 aromatic heterocycles. The number of carbonyl (C=O) groups excluding carboxylic acids is 1. The van der Waals surface area contributed by atoms with Crippen LogP contribution in [0.1, 0.15) is 6.92 Å². The van der Waals surface area contributed by atoms with E-state index in [0.717, 1.165) is 7.11 Å². The van der Waals surface area contributed by atoms with Crippen LogP contribution >= 0.6 is 7.75 Å². The maximum absolute atomic E-state index is 10.6. The lowest BCUT2D eigenvalue weighted by Gasteiger charge is -2.11. The van der Waals surface area contributed by atoms with Gasteiger partial charge in [0.15, 0.2) is 0 Å². The molecule has 1 unspecified atom stereocenters. The highest BCUT2D eigenvalue weighted by molar-refractivity contribution is 7.49.